The molecule has 1 unspecified atom stereocenters. The molecule has 3 aromatic rings. The van der Waals surface area contributed by atoms with Gasteiger partial charge in [0.05, 0.1) is 29.9 Å². The maximum Gasteiger partial charge on any atom is 0.261 e. The fraction of sp³-hybridized carbons (Fsp3) is 0.280. The lowest BCUT2D eigenvalue weighted by molar-refractivity contribution is -0.122. The molecule has 0 fully saturated rings. The molecule has 3 amide bonds. The summed E-state index contributed by atoms with van der Waals surface area (Å²) in [5.74, 6) is -0.837. The van der Waals surface area contributed by atoms with Gasteiger partial charge in [-0.15, -0.1) is 0 Å². The van der Waals surface area contributed by atoms with Gasteiger partial charge in [-0.3, -0.25) is 24.0 Å². The van der Waals surface area contributed by atoms with E-state index in [9.17, 15) is 14.4 Å². The van der Waals surface area contributed by atoms with E-state index in [1.807, 2.05) is 29.1 Å². The molecule has 162 valence electrons. The molecule has 2 aromatic carbocycles. The summed E-state index contributed by atoms with van der Waals surface area (Å²) >= 11 is 0. The smallest absolute Gasteiger partial charge is 0.261 e. The van der Waals surface area contributed by atoms with Gasteiger partial charge < -0.3 is 5.32 Å². The van der Waals surface area contributed by atoms with Crippen LogP contribution in [0.2, 0.25) is 0 Å². The van der Waals surface area contributed by atoms with E-state index in [1.54, 1.807) is 24.3 Å². The number of aromatic nitrogens is 2. The number of imide groups is 1. The number of hydrogen-bond acceptors (Lipinski definition) is 4. The van der Waals surface area contributed by atoms with Crippen molar-refractivity contribution in [2.75, 3.05) is 6.54 Å². The SMILES string of the molecule is O=C(CCN1C(=O)c2ccccc2C1=O)NC1CCCc2c1cnn2Cc1ccccc1. The molecule has 2 heterocycles. The Labute approximate surface area is 186 Å². The molecule has 0 radical (unpaired) electrons. The first-order chi connectivity index (χ1) is 15.6. The zero-order valence-corrected chi connectivity index (χ0v) is 17.7. The Hall–Kier alpha value is -3.74. The minimum absolute atomic E-state index is 0.0744. The summed E-state index contributed by atoms with van der Waals surface area (Å²) in [7, 11) is 0. The first kappa shape index (κ1) is 20.2. The molecular formula is C25H24N4O3. The second-order valence-electron chi connectivity index (χ2n) is 8.26. The molecule has 1 aliphatic carbocycles. The van der Waals surface area contributed by atoms with E-state index in [4.69, 9.17) is 0 Å². The highest BCUT2D eigenvalue weighted by Gasteiger charge is 2.35. The van der Waals surface area contributed by atoms with Crippen LogP contribution < -0.4 is 5.32 Å². The van der Waals surface area contributed by atoms with Gasteiger partial charge >= 0.3 is 0 Å². The Kier molecular flexibility index (Phi) is 5.31. The molecule has 7 nitrogen and oxygen atoms in total. The lowest BCUT2D eigenvalue weighted by atomic mass is 9.92. The lowest BCUT2D eigenvalue weighted by Crippen LogP contribution is -2.36. The van der Waals surface area contributed by atoms with E-state index in [0.717, 1.165) is 35.4 Å². The average Bonchev–Trinajstić information content (AvgIpc) is 3.33. The van der Waals surface area contributed by atoms with Crippen molar-refractivity contribution in [2.24, 2.45) is 0 Å². The van der Waals surface area contributed by atoms with E-state index in [1.165, 1.54) is 5.56 Å². The van der Waals surface area contributed by atoms with Gasteiger partial charge in [-0.25, -0.2) is 0 Å². The lowest BCUT2D eigenvalue weighted by Gasteiger charge is -2.24. The van der Waals surface area contributed by atoms with Gasteiger partial charge in [0.15, 0.2) is 0 Å². The topological polar surface area (TPSA) is 84.3 Å². The largest absolute Gasteiger partial charge is 0.349 e. The first-order valence-corrected chi connectivity index (χ1v) is 10.9. The minimum atomic E-state index is -0.333. The molecule has 0 spiro atoms. The fourth-order valence-corrected chi connectivity index (χ4v) is 4.58. The van der Waals surface area contributed by atoms with E-state index in [0.29, 0.717) is 17.7 Å². The van der Waals surface area contributed by atoms with Crippen molar-refractivity contribution in [1.29, 1.82) is 0 Å². The van der Waals surface area contributed by atoms with Crippen LogP contribution in [0.3, 0.4) is 0 Å². The Balaban J connectivity index is 1.22. The molecular weight excluding hydrogens is 404 g/mol. The van der Waals surface area contributed by atoms with E-state index < -0.39 is 0 Å². The van der Waals surface area contributed by atoms with Crippen LogP contribution in [0.4, 0.5) is 0 Å². The van der Waals surface area contributed by atoms with Crippen molar-refractivity contribution < 1.29 is 14.4 Å². The van der Waals surface area contributed by atoms with Crippen molar-refractivity contribution in [3.05, 3.63) is 88.7 Å². The molecule has 7 heteroatoms. The standard InChI is InChI=1S/C25H24N4O3/c30-23(13-14-28-24(31)18-9-4-5-10-19(18)25(28)32)27-21-11-6-12-22-20(21)15-26-29(22)16-17-7-2-1-3-8-17/h1-5,7-10,15,21H,6,11-14,16H2,(H,27,30). The van der Waals surface area contributed by atoms with E-state index in [-0.39, 0.29) is 36.7 Å². The number of amides is 3. The quantitative estimate of drug-likeness (QED) is 0.612. The predicted octanol–water partition coefficient (Wildman–Crippen LogP) is 3.11. The molecule has 32 heavy (non-hydrogen) atoms. The van der Waals surface area contributed by atoms with Gasteiger partial charge in [-0.05, 0) is 37.0 Å². The Morgan fingerprint density at radius 1 is 1.00 bits per heavy atom. The maximum absolute atomic E-state index is 12.7. The van der Waals surface area contributed by atoms with Crippen molar-refractivity contribution in [3.8, 4) is 0 Å². The van der Waals surface area contributed by atoms with Crippen molar-refractivity contribution >= 4 is 17.7 Å². The molecule has 1 aromatic heterocycles. The molecule has 0 saturated carbocycles. The summed E-state index contributed by atoms with van der Waals surface area (Å²) < 4.78 is 2.02. The van der Waals surface area contributed by atoms with Crippen LogP contribution in [0.15, 0.2) is 60.8 Å². The molecule has 2 aliphatic rings. The number of nitrogens with zero attached hydrogens (tertiary/aromatic N) is 3. The first-order valence-electron chi connectivity index (χ1n) is 10.9. The van der Waals surface area contributed by atoms with Crippen molar-refractivity contribution in [1.82, 2.24) is 20.0 Å². The highest BCUT2D eigenvalue weighted by molar-refractivity contribution is 6.21. The van der Waals surface area contributed by atoms with Gasteiger partial charge in [0.25, 0.3) is 11.8 Å². The number of benzene rings is 2. The van der Waals surface area contributed by atoms with Crippen LogP contribution in [-0.2, 0) is 17.8 Å². The normalized spacial score (nSPS) is 17.2. The summed E-state index contributed by atoms with van der Waals surface area (Å²) in [6, 6.07) is 16.8. The highest BCUT2D eigenvalue weighted by atomic mass is 16.2. The monoisotopic (exact) mass is 428 g/mol. The van der Waals surface area contributed by atoms with Crippen molar-refractivity contribution in [3.63, 3.8) is 0 Å². The van der Waals surface area contributed by atoms with Gasteiger partial charge in [0, 0.05) is 24.2 Å². The molecule has 5 rings (SSSR count). The van der Waals surface area contributed by atoms with Crippen LogP contribution >= 0.6 is 0 Å². The van der Waals surface area contributed by atoms with Gasteiger partial charge in [-0.2, -0.15) is 5.10 Å². The Morgan fingerprint density at radius 3 is 2.41 bits per heavy atom. The Bertz CT molecular complexity index is 1150. The van der Waals surface area contributed by atoms with Gasteiger partial charge in [0.2, 0.25) is 5.91 Å². The van der Waals surface area contributed by atoms with Crippen LogP contribution in [-0.4, -0.2) is 38.9 Å². The molecule has 1 aliphatic heterocycles. The van der Waals surface area contributed by atoms with Gasteiger partial charge in [0.1, 0.15) is 0 Å². The zero-order valence-electron chi connectivity index (χ0n) is 17.7. The van der Waals surface area contributed by atoms with Crippen LogP contribution in [0.5, 0.6) is 0 Å². The predicted molar refractivity (Wildman–Crippen MR) is 118 cm³/mol. The summed E-state index contributed by atoms with van der Waals surface area (Å²) in [4.78, 5) is 38.8. The third kappa shape index (κ3) is 3.70. The summed E-state index contributed by atoms with van der Waals surface area (Å²) in [5.41, 5.74) is 4.21. The number of carbonyl (C=O) groups excluding carboxylic acids is 3. The van der Waals surface area contributed by atoms with E-state index >= 15 is 0 Å². The molecule has 1 atom stereocenters. The van der Waals surface area contributed by atoms with E-state index in [2.05, 4.69) is 22.5 Å². The number of nitrogens with one attached hydrogen (secondary N) is 1. The van der Waals surface area contributed by atoms with Crippen LogP contribution in [0.25, 0.3) is 0 Å². The number of carbonyl (C=O) groups is 3. The third-order valence-electron chi connectivity index (χ3n) is 6.21. The zero-order chi connectivity index (χ0) is 22.1. The van der Waals surface area contributed by atoms with Gasteiger partial charge in [-0.1, -0.05) is 42.5 Å². The molecule has 0 bridgehead atoms. The average molecular weight is 428 g/mol. The molecule has 1 N–H and O–H groups in total. The van der Waals surface area contributed by atoms with Crippen molar-refractivity contribution in [2.45, 2.75) is 38.3 Å². The third-order valence-corrected chi connectivity index (χ3v) is 6.21. The van der Waals surface area contributed by atoms with Crippen LogP contribution in [0, 0.1) is 0 Å². The number of fused-ring (bicyclic) bond motifs is 2. The summed E-state index contributed by atoms with van der Waals surface area (Å²) in [6.45, 7) is 0.779. The highest BCUT2D eigenvalue weighted by Crippen LogP contribution is 2.30. The summed E-state index contributed by atoms with van der Waals surface area (Å²) in [6.07, 6.45) is 4.69. The minimum Gasteiger partial charge on any atom is -0.349 e. The second kappa shape index (κ2) is 8.42. The second-order valence-corrected chi connectivity index (χ2v) is 8.26. The number of hydrogen-bond donors (Lipinski definition) is 1. The number of rotatable bonds is 6. The Morgan fingerprint density at radius 2 is 1.69 bits per heavy atom. The maximum atomic E-state index is 12.7. The molecule has 0 saturated heterocycles. The summed E-state index contributed by atoms with van der Waals surface area (Å²) in [5, 5.41) is 7.66. The fourth-order valence-electron chi connectivity index (χ4n) is 4.58. The van der Waals surface area contributed by atoms with Crippen LogP contribution in [0.1, 0.15) is 62.8 Å².